The number of methoxy groups -OCH3 is 1. The van der Waals surface area contributed by atoms with Gasteiger partial charge in [0.1, 0.15) is 5.75 Å². The molecule has 4 rings (SSSR count). The number of hydrogen-bond acceptors (Lipinski definition) is 8. The summed E-state index contributed by atoms with van der Waals surface area (Å²) < 4.78 is 5.25. The molecule has 1 heterocycles. The number of aromatic nitrogens is 3. The standard InChI is InChI=1S/C23H34ClN7O/c1-32-20-13-12-18(14-19(20)24)28-23-30-21(26-16-6-4-2-3-5-7-16)29-22(31-23)27-17-10-8-15(25)9-11-17/h12-17H,2-11,25H2,1H3,(H3,26,27,28,29,30,31). The number of nitrogens with zero attached hydrogens (tertiary/aromatic N) is 3. The van der Waals surface area contributed by atoms with Gasteiger partial charge in [-0.25, -0.2) is 0 Å². The molecule has 32 heavy (non-hydrogen) atoms. The first-order chi connectivity index (χ1) is 15.6. The van der Waals surface area contributed by atoms with Crippen molar-refractivity contribution in [1.82, 2.24) is 15.0 Å². The number of hydrogen-bond donors (Lipinski definition) is 4. The molecule has 2 aliphatic rings. The predicted octanol–water partition coefficient (Wildman–Crippen LogP) is 5.09. The predicted molar refractivity (Wildman–Crippen MR) is 130 cm³/mol. The second kappa shape index (κ2) is 11.0. The Balaban J connectivity index is 1.53. The number of anilines is 4. The smallest absolute Gasteiger partial charge is 0.233 e. The van der Waals surface area contributed by atoms with E-state index < -0.39 is 0 Å². The van der Waals surface area contributed by atoms with Gasteiger partial charge in [0.25, 0.3) is 0 Å². The highest BCUT2D eigenvalue weighted by Gasteiger charge is 2.21. The normalized spacial score (nSPS) is 22.1. The lowest BCUT2D eigenvalue weighted by atomic mass is 9.92. The van der Waals surface area contributed by atoms with Crippen molar-refractivity contribution in [3.63, 3.8) is 0 Å². The van der Waals surface area contributed by atoms with Crippen LogP contribution >= 0.6 is 11.6 Å². The van der Waals surface area contributed by atoms with E-state index in [2.05, 4.69) is 25.9 Å². The molecule has 2 saturated carbocycles. The third-order valence-electron chi connectivity index (χ3n) is 6.34. The molecule has 2 fully saturated rings. The Kier molecular flexibility index (Phi) is 7.86. The topological polar surface area (TPSA) is 110 Å². The minimum Gasteiger partial charge on any atom is -0.495 e. The fourth-order valence-corrected chi connectivity index (χ4v) is 4.74. The van der Waals surface area contributed by atoms with Crippen LogP contribution in [-0.4, -0.2) is 40.2 Å². The number of ether oxygens (including phenoxy) is 1. The molecule has 8 nitrogen and oxygen atoms in total. The van der Waals surface area contributed by atoms with Gasteiger partial charge in [-0.1, -0.05) is 37.3 Å². The third kappa shape index (κ3) is 6.36. The van der Waals surface area contributed by atoms with E-state index >= 15 is 0 Å². The van der Waals surface area contributed by atoms with Crippen LogP contribution in [0.2, 0.25) is 5.02 Å². The molecule has 1 aromatic carbocycles. The Morgan fingerprint density at radius 1 is 0.844 bits per heavy atom. The summed E-state index contributed by atoms with van der Waals surface area (Å²) in [6, 6.07) is 6.53. The van der Waals surface area contributed by atoms with E-state index in [1.807, 2.05) is 12.1 Å². The van der Waals surface area contributed by atoms with Crippen LogP contribution in [0.3, 0.4) is 0 Å². The van der Waals surface area contributed by atoms with Gasteiger partial charge in [-0.3, -0.25) is 0 Å². The van der Waals surface area contributed by atoms with E-state index in [-0.39, 0.29) is 0 Å². The Morgan fingerprint density at radius 3 is 2.03 bits per heavy atom. The van der Waals surface area contributed by atoms with Crippen LogP contribution in [-0.2, 0) is 0 Å². The first kappa shape index (κ1) is 22.9. The van der Waals surface area contributed by atoms with Crippen molar-refractivity contribution in [3.8, 4) is 5.75 Å². The maximum Gasteiger partial charge on any atom is 0.233 e. The molecule has 0 unspecified atom stereocenters. The van der Waals surface area contributed by atoms with Crippen LogP contribution < -0.4 is 26.4 Å². The molecule has 0 aliphatic heterocycles. The molecule has 0 bridgehead atoms. The highest BCUT2D eigenvalue weighted by molar-refractivity contribution is 6.32. The molecule has 174 valence electrons. The summed E-state index contributed by atoms with van der Waals surface area (Å²) in [6.07, 6.45) is 11.5. The van der Waals surface area contributed by atoms with Crippen molar-refractivity contribution >= 4 is 35.1 Å². The van der Waals surface area contributed by atoms with Gasteiger partial charge in [-0.2, -0.15) is 15.0 Å². The molecular formula is C23H34ClN7O. The molecule has 2 aliphatic carbocycles. The Hall–Kier alpha value is -2.32. The van der Waals surface area contributed by atoms with Crippen molar-refractivity contribution in [2.24, 2.45) is 5.73 Å². The van der Waals surface area contributed by atoms with E-state index in [0.717, 1.165) is 44.2 Å². The zero-order valence-corrected chi connectivity index (χ0v) is 19.5. The van der Waals surface area contributed by atoms with Crippen molar-refractivity contribution in [2.45, 2.75) is 82.3 Å². The summed E-state index contributed by atoms with van der Waals surface area (Å²) in [6.45, 7) is 0. The number of halogens is 1. The number of nitrogens with two attached hydrogens (primary N) is 1. The second-order valence-electron chi connectivity index (χ2n) is 8.87. The van der Waals surface area contributed by atoms with Crippen LogP contribution in [0.1, 0.15) is 64.2 Å². The average molecular weight is 460 g/mol. The van der Waals surface area contributed by atoms with Gasteiger partial charge in [0.2, 0.25) is 17.8 Å². The van der Waals surface area contributed by atoms with Crippen LogP contribution in [0.15, 0.2) is 18.2 Å². The molecule has 0 spiro atoms. The fourth-order valence-electron chi connectivity index (χ4n) is 4.49. The summed E-state index contributed by atoms with van der Waals surface area (Å²) in [5, 5.41) is 10.9. The van der Waals surface area contributed by atoms with Gasteiger partial charge in [0, 0.05) is 23.8 Å². The van der Waals surface area contributed by atoms with Gasteiger partial charge in [0.15, 0.2) is 0 Å². The van der Waals surface area contributed by atoms with Crippen LogP contribution in [0.25, 0.3) is 0 Å². The zero-order chi connectivity index (χ0) is 22.3. The summed E-state index contributed by atoms with van der Waals surface area (Å²) in [5.74, 6) is 2.29. The molecule has 0 radical (unpaired) electrons. The van der Waals surface area contributed by atoms with Crippen molar-refractivity contribution in [2.75, 3.05) is 23.1 Å². The van der Waals surface area contributed by atoms with Gasteiger partial charge in [0.05, 0.1) is 12.1 Å². The fraction of sp³-hybridized carbons (Fsp3) is 0.609. The monoisotopic (exact) mass is 459 g/mol. The molecule has 2 aromatic rings. The maximum atomic E-state index is 6.29. The van der Waals surface area contributed by atoms with E-state index in [9.17, 15) is 0 Å². The van der Waals surface area contributed by atoms with Crippen molar-refractivity contribution < 1.29 is 4.74 Å². The molecule has 9 heteroatoms. The Labute approximate surface area is 195 Å². The highest BCUT2D eigenvalue weighted by atomic mass is 35.5. The first-order valence-electron chi connectivity index (χ1n) is 11.7. The minimum absolute atomic E-state index is 0.302. The van der Waals surface area contributed by atoms with Crippen LogP contribution in [0.5, 0.6) is 5.75 Å². The number of benzene rings is 1. The Bertz CT molecular complexity index is 881. The SMILES string of the molecule is COc1ccc(Nc2nc(NC3CCCCCC3)nc(NC3CCC(N)CC3)n2)cc1Cl. The van der Waals surface area contributed by atoms with Crippen molar-refractivity contribution in [3.05, 3.63) is 23.2 Å². The number of rotatable bonds is 7. The molecule has 0 amide bonds. The third-order valence-corrected chi connectivity index (χ3v) is 6.63. The van der Waals surface area contributed by atoms with Crippen LogP contribution in [0.4, 0.5) is 23.5 Å². The molecular weight excluding hydrogens is 426 g/mol. The summed E-state index contributed by atoms with van der Waals surface area (Å²) in [7, 11) is 1.60. The summed E-state index contributed by atoms with van der Waals surface area (Å²) in [4.78, 5) is 14.0. The molecule has 1 aromatic heterocycles. The Morgan fingerprint density at radius 2 is 1.44 bits per heavy atom. The minimum atomic E-state index is 0.302. The van der Waals surface area contributed by atoms with Crippen LogP contribution in [0, 0.1) is 0 Å². The molecule has 0 atom stereocenters. The van der Waals surface area contributed by atoms with E-state index in [4.69, 9.17) is 27.1 Å². The number of nitrogens with one attached hydrogen (secondary N) is 3. The van der Waals surface area contributed by atoms with Gasteiger partial charge >= 0.3 is 0 Å². The van der Waals surface area contributed by atoms with Crippen molar-refractivity contribution in [1.29, 1.82) is 0 Å². The maximum absolute atomic E-state index is 6.29. The lowest BCUT2D eigenvalue weighted by molar-refractivity contribution is 0.410. The lowest BCUT2D eigenvalue weighted by Crippen LogP contribution is -2.33. The average Bonchev–Trinajstić information content (AvgIpc) is 3.04. The zero-order valence-electron chi connectivity index (χ0n) is 18.7. The quantitative estimate of drug-likeness (QED) is 0.423. The van der Waals surface area contributed by atoms with Gasteiger partial charge < -0.3 is 26.4 Å². The lowest BCUT2D eigenvalue weighted by Gasteiger charge is -2.27. The highest BCUT2D eigenvalue weighted by Crippen LogP contribution is 2.29. The largest absolute Gasteiger partial charge is 0.495 e. The molecule has 5 N–H and O–H groups in total. The van der Waals surface area contributed by atoms with E-state index in [1.165, 1.54) is 25.7 Å². The van der Waals surface area contributed by atoms with E-state index in [0.29, 0.717) is 46.7 Å². The van der Waals surface area contributed by atoms with Gasteiger partial charge in [-0.05, 0) is 56.7 Å². The summed E-state index contributed by atoms with van der Waals surface area (Å²) >= 11 is 6.29. The molecule has 0 saturated heterocycles. The summed E-state index contributed by atoms with van der Waals surface area (Å²) in [5.41, 5.74) is 6.85. The second-order valence-corrected chi connectivity index (χ2v) is 9.28. The van der Waals surface area contributed by atoms with Gasteiger partial charge in [-0.15, -0.1) is 0 Å². The first-order valence-corrected chi connectivity index (χ1v) is 12.1. The van der Waals surface area contributed by atoms with E-state index in [1.54, 1.807) is 13.2 Å².